The second-order valence-electron chi connectivity index (χ2n) is 4.20. The number of nitriles is 1. The molecule has 0 radical (unpaired) electrons. The number of hydrogen-bond donors (Lipinski definition) is 1. The Kier molecular flexibility index (Phi) is 2.96. The molecule has 0 aromatic carbocycles. The standard InChI is InChI=1S/C9H15N3O2S/c10-4-6-15(13,14)12-5-3-8-1-2-9(7-12)11-8/h8-9,11H,1-3,5-7H2. The maximum absolute atomic E-state index is 11.7. The van der Waals surface area contributed by atoms with E-state index in [2.05, 4.69) is 5.32 Å². The zero-order valence-electron chi connectivity index (χ0n) is 8.52. The highest BCUT2D eigenvalue weighted by Crippen LogP contribution is 2.21. The minimum absolute atomic E-state index is 0.283. The molecule has 0 aromatic heterocycles. The molecular weight excluding hydrogens is 214 g/mol. The Balaban J connectivity index is 2.08. The molecule has 2 heterocycles. The minimum atomic E-state index is -3.35. The fraction of sp³-hybridized carbons (Fsp3) is 0.889. The van der Waals surface area contributed by atoms with Gasteiger partial charge in [-0.15, -0.1) is 0 Å². The van der Waals surface area contributed by atoms with Gasteiger partial charge in [0.2, 0.25) is 10.0 Å². The molecule has 2 rings (SSSR count). The maximum Gasteiger partial charge on any atom is 0.227 e. The van der Waals surface area contributed by atoms with Crippen LogP contribution in [0, 0.1) is 11.3 Å². The molecule has 1 N–H and O–H groups in total. The van der Waals surface area contributed by atoms with E-state index in [0.29, 0.717) is 19.1 Å². The number of hydrogen-bond acceptors (Lipinski definition) is 4. The predicted octanol–water partition coefficient (Wildman–Crippen LogP) is -0.334. The first-order valence-corrected chi connectivity index (χ1v) is 6.83. The lowest BCUT2D eigenvalue weighted by Gasteiger charge is -2.22. The highest BCUT2D eigenvalue weighted by atomic mass is 32.2. The summed E-state index contributed by atoms with van der Waals surface area (Å²) in [5, 5.41) is 11.9. The number of rotatable bonds is 2. The van der Waals surface area contributed by atoms with Crippen LogP contribution in [0.25, 0.3) is 0 Å². The summed E-state index contributed by atoms with van der Waals surface area (Å²) in [6.45, 7) is 1.08. The summed E-state index contributed by atoms with van der Waals surface area (Å²) < 4.78 is 24.8. The van der Waals surface area contributed by atoms with Gasteiger partial charge in [-0.2, -0.15) is 9.57 Å². The monoisotopic (exact) mass is 229 g/mol. The summed E-state index contributed by atoms with van der Waals surface area (Å²) in [5.41, 5.74) is 0. The Morgan fingerprint density at radius 3 is 2.80 bits per heavy atom. The van der Waals surface area contributed by atoms with Crippen molar-refractivity contribution in [3.63, 3.8) is 0 Å². The van der Waals surface area contributed by atoms with Crippen LogP contribution in [0.15, 0.2) is 0 Å². The van der Waals surface area contributed by atoms with Gasteiger partial charge in [0.25, 0.3) is 0 Å². The Bertz CT molecular complexity index is 373. The van der Waals surface area contributed by atoms with E-state index >= 15 is 0 Å². The van der Waals surface area contributed by atoms with Crippen molar-refractivity contribution in [3.05, 3.63) is 0 Å². The van der Waals surface area contributed by atoms with Crippen LogP contribution in [-0.2, 0) is 10.0 Å². The van der Waals surface area contributed by atoms with Crippen LogP contribution in [0.1, 0.15) is 19.3 Å². The van der Waals surface area contributed by atoms with Gasteiger partial charge in [-0.3, -0.25) is 0 Å². The lowest BCUT2D eigenvalue weighted by molar-refractivity contribution is 0.385. The van der Waals surface area contributed by atoms with Gasteiger partial charge in [-0.25, -0.2) is 8.42 Å². The third-order valence-corrected chi connectivity index (χ3v) is 4.74. The van der Waals surface area contributed by atoms with Crippen LogP contribution in [-0.4, -0.2) is 43.6 Å². The minimum Gasteiger partial charge on any atom is -0.310 e. The van der Waals surface area contributed by atoms with Crippen LogP contribution in [0.3, 0.4) is 0 Å². The topological polar surface area (TPSA) is 73.2 Å². The average Bonchev–Trinajstić information content (AvgIpc) is 2.44. The molecule has 0 aliphatic carbocycles. The summed E-state index contributed by atoms with van der Waals surface area (Å²) in [6.07, 6.45) is 3.06. The lowest BCUT2D eigenvalue weighted by atomic mass is 10.1. The van der Waals surface area contributed by atoms with Crippen LogP contribution in [0.5, 0.6) is 0 Å². The molecule has 0 aromatic rings. The van der Waals surface area contributed by atoms with Crippen LogP contribution in [0.2, 0.25) is 0 Å². The lowest BCUT2D eigenvalue weighted by Crippen LogP contribution is -2.39. The van der Waals surface area contributed by atoms with Crippen molar-refractivity contribution in [2.24, 2.45) is 0 Å². The average molecular weight is 229 g/mol. The van der Waals surface area contributed by atoms with Crippen molar-refractivity contribution in [3.8, 4) is 6.07 Å². The van der Waals surface area contributed by atoms with Crippen LogP contribution in [0.4, 0.5) is 0 Å². The molecule has 6 heteroatoms. The molecule has 2 saturated heterocycles. The number of fused-ring (bicyclic) bond motifs is 2. The van der Waals surface area contributed by atoms with Crippen LogP contribution >= 0.6 is 0 Å². The molecule has 2 atom stereocenters. The molecule has 2 aliphatic rings. The Hall–Kier alpha value is -0.640. The van der Waals surface area contributed by atoms with E-state index < -0.39 is 15.8 Å². The molecule has 0 saturated carbocycles. The fourth-order valence-corrected chi connectivity index (χ4v) is 3.47. The summed E-state index contributed by atoms with van der Waals surface area (Å²) in [6, 6.07) is 2.47. The highest BCUT2D eigenvalue weighted by Gasteiger charge is 2.33. The van der Waals surface area contributed by atoms with Gasteiger partial charge >= 0.3 is 0 Å². The molecule has 15 heavy (non-hydrogen) atoms. The molecule has 0 amide bonds. The Labute approximate surface area is 90.1 Å². The van der Waals surface area contributed by atoms with Crippen molar-refractivity contribution in [2.75, 3.05) is 18.8 Å². The zero-order valence-corrected chi connectivity index (χ0v) is 9.33. The van der Waals surface area contributed by atoms with E-state index in [4.69, 9.17) is 5.26 Å². The van der Waals surface area contributed by atoms with Gasteiger partial charge in [0.15, 0.2) is 5.75 Å². The van der Waals surface area contributed by atoms with Crippen molar-refractivity contribution >= 4 is 10.0 Å². The van der Waals surface area contributed by atoms with Gasteiger partial charge in [-0.1, -0.05) is 0 Å². The number of nitrogens with one attached hydrogen (secondary N) is 1. The molecule has 0 spiro atoms. The SMILES string of the molecule is N#CCS(=O)(=O)N1CCC2CCC(C1)N2. The molecule has 84 valence electrons. The number of sulfonamides is 1. The van der Waals surface area contributed by atoms with Crippen molar-refractivity contribution in [1.82, 2.24) is 9.62 Å². The summed E-state index contributed by atoms with van der Waals surface area (Å²) in [7, 11) is -3.35. The molecule has 5 nitrogen and oxygen atoms in total. The van der Waals surface area contributed by atoms with Crippen LogP contribution < -0.4 is 5.32 Å². The molecular formula is C9H15N3O2S. The van der Waals surface area contributed by atoms with Crippen molar-refractivity contribution in [2.45, 2.75) is 31.3 Å². The smallest absolute Gasteiger partial charge is 0.227 e. The summed E-state index contributed by atoms with van der Waals surface area (Å²) in [4.78, 5) is 0. The first-order valence-electron chi connectivity index (χ1n) is 5.22. The Morgan fingerprint density at radius 2 is 2.07 bits per heavy atom. The second kappa shape index (κ2) is 4.08. The first-order chi connectivity index (χ1) is 7.12. The summed E-state index contributed by atoms with van der Waals surface area (Å²) >= 11 is 0. The normalized spacial score (nSPS) is 32.2. The highest BCUT2D eigenvalue weighted by molar-refractivity contribution is 7.89. The van der Waals surface area contributed by atoms with Gasteiger partial charge < -0.3 is 5.32 Å². The maximum atomic E-state index is 11.7. The zero-order chi connectivity index (χ0) is 10.9. The van der Waals surface area contributed by atoms with Crippen molar-refractivity contribution < 1.29 is 8.42 Å². The molecule has 2 unspecified atom stereocenters. The van der Waals surface area contributed by atoms with E-state index in [1.165, 1.54) is 4.31 Å². The van der Waals surface area contributed by atoms with Gasteiger partial charge in [0.1, 0.15) is 0 Å². The summed E-state index contributed by atoms with van der Waals surface area (Å²) in [5.74, 6) is -0.398. The fourth-order valence-electron chi connectivity index (χ4n) is 2.34. The second-order valence-corrected chi connectivity index (χ2v) is 6.17. The van der Waals surface area contributed by atoms with E-state index in [1.54, 1.807) is 6.07 Å². The van der Waals surface area contributed by atoms with Gasteiger partial charge in [0.05, 0.1) is 6.07 Å². The van der Waals surface area contributed by atoms with E-state index in [-0.39, 0.29) is 6.04 Å². The third kappa shape index (κ3) is 2.30. The number of nitrogens with zero attached hydrogens (tertiary/aromatic N) is 2. The molecule has 2 aliphatic heterocycles. The largest absolute Gasteiger partial charge is 0.310 e. The van der Waals surface area contributed by atoms with E-state index in [1.807, 2.05) is 0 Å². The first kappa shape index (κ1) is 10.9. The van der Waals surface area contributed by atoms with Gasteiger partial charge in [-0.05, 0) is 19.3 Å². The predicted molar refractivity (Wildman–Crippen MR) is 55.5 cm³/mol. The van der Waals surface area contributed by atoms with E-state index in [0.717, 1.165) is 19.3 Å². The quantitative estimate of drug-likeness (QED) is 0.703. The Morgan fingerprint density at radius 1 is 1.33 bits per heavy atom. The van der Waals surface area contributed by atoms with Crippen molar-refractivity contribution in [1.29, 1.82) is 5.26 Å². The molecule has 2 bridgehead atoms. The molecule has 2 fully saturated rings. The van der Waals surface area contributed by atoms with Gasteiger partial charge in [0, 0.05) is 25.2 Å². The van der Waals surface area contributed by atoms with E-state index in [9.17, 15) is 8.42 Å². The third-order valence-electron chi connectivity index (χ3n) is 3.13.